The SMILES string of the molecule is Cc1ccc(Br)c2c1CCC1(COC(N)=N1)C2. The summed E-state index contributed by atoms with van der Waals surface area (Å²) in [5, 5.41) is 0. The summed E-state index contributed by atoms with van der Waals surface area (Å²) in [4.78, 5) is 4.50. The molecule has 0 amide bonds. The van der Waals surface area contributed by atoms with Crippen molar-refractivity contribution in [1.29, 1.82) is 0 Å². The smallest absolute Gasteiger partial charge is 0.282 e. The molecule has 1 aromatic carbocycles. The number of rotatable bonds is 0. The molecule has 1 spiro atoms. The van der Waals surface area contributed by atoms with Crippen LogP contribution in [0.1, 0.15) is 23.1 Å². The molecule has 0 aromatic heterocycles. The lowest BCUT2D eigenvalue weighted by Crippen LogP contribution is -2.36. The van der Waals surface area contributed by atoms with E-state index in [1.54, 1.807) is 0 Å². The van der Waals surface area contributed by atoms with Gasteiger partial charge in [-0.2, -0.15) is 0 Å². The quantitative estimate of drug-likeness (QED) is 0.798. The van der Waals surface area contributed by atoms with E-state index in [1.807, 2.05) is 0 Å². The van der Waals surface area contributed by atoms with E-state index in [4.69, 9.17) is 10.5 Å². The molecule has 1 heterocycles. The summed E-state index contributed by atoms with van der Waals surface area (Å²) in [6.07, 6.45) is 3.00. The third-order valence-corrected chi connectivity index (χ3v) is 4.53. The van der Waals surface area contributed by atoms with Gasteiger partial charge in [0.25, 0.3) is 6.02 Å². The number of halogens is 1. The molecular weight excluding hydrogens is 280 g/mol. The normalized spacial score (nSPS) is 26.6. The van der Waals surface area contributed by atoms with E-state index in [-0.39, 0.29) is 5.54 Å². The Morgan fingerprint density at radius 2 is 2.24 bits per heavy atom. The molecule has 1 aliphatic carbocycles. The number of hydrogen-bond acceptors (Lipinski definition) is 3. The van der Waals surface area contributed by atoms with Crippen LogP contribution in [0.3, 0.4) is 0 Å². The minimum Gasteiger partial charge on any atom is -0.463 e. The second-order valence-corrected chi connectivity index (χ2v) is 5.82. The first kappa shape index (κ1) is 11.1. The van der Waals surface area contributed by atoms with Crippen molar-refractivity contribution in [2.75, 3.05) is 6.61 Å². The summed E-state index contributed by atoms with van der Waals surface area (Å²) in [7, 11) is 0. The number of hydrogen-bond donors (Lipinski definition) is 1. The number of aliphatic imine (C=N–C) groups is 1. The van der Waals surface area contributed by atoms with Crippen molar-refractivity contribution >= 4 is 22.0 Å². The molecule has 1 aromatic rings. The monoisotopic (exact) mass is 294 g/mol. The van der Waals surface area contributed by atoms with Gasteiger partial charge in [0, 0.05) is 10.9 Å². The van der Waals surface area contributed by atoms with Crippen LogP contribution in [0, 0.1) is 6.92 Å². The van der Waals surface area contributed by atoms with E-state index in [0.717, 1.165) is 19.3 Å². The number of ether oxygens (including phenoxy) is 1. The zero-order chi connectivity index (χ0) is 12.0. The first-order chi connectivity index (χ1) is 8.10. The lowest BCUT2D eigenvalue weighted by Gasteiger charge is -2.31. The number of nitrogens with two attached hydrogens (primary N) is 1. The van der Waals surface area contributed by atoms with Gasteiger partial charge >= 0.3 is 0 Å². The van der Waals surface area contributed by atoms with Crippen molar-refractivity contribution in [1.82, 2.24) is 0 Å². The Morgan fingerprint density at radius 1 is 1.41 bits per heavy atom. The molecule has 0 fully saturated rings. The molecule has 3 nitrogen and oxygen atoms in total. The molecule has 2 aliphatic rings. The van der Waals surface area contributed by atoms with Gasteiger partial charge < -0.3 is 10.5 Å². The maximum Gasteiger partial charge on any atom is 0.282 e. The van der Waals surface area contributed by atoms with E-state index in [1.165, 1.54) is 21.2 Å². The van der Waals surface area contributed by atoms with Crippen LogP contribution in [-0.2, 0) is 17.6 Å². The summed E-state index contributed by atoms with van der Waals surface area (Å²) < 4.78 is 6.52. The largest absolute Gasteiger partial charge is 0.463 e. The molecular formula is C13H15BrN2O. The van der Waals surface area contributed by atoms with Gasteiger partial charge in [-0.3, -0.25) is 0 Å². The van der Waals surface area contributed by atoms with Crippen molar-refractivity contribution in [2.24, 2.45) is 10.7 Å². The van der Waals surface area contributed by atoms with E-state index >= 15 is 0 Å². The molecule has 1 atom stereocenters. The summed E-state index contributed by atoms with van der Waals surface area (Å²) in [6.45, 7) is 2.80. The average molecular weight is 295 g/mol. The number of aryl methyl sites for hydroxylation is 1. The van der Waals surface area contributed by atoms with Crippen LogP contribution in [0.15, 0.2) is 21.6 Å². The Hall–Kier alpha value is -1.03. The Labute approximate surface area is 109 Å². The summed E-state index contributed by atoms with van der Waals surface area (Å²) >= 11 is 3.64. The fraction of sp³-hybridized carbons (Fsp3) is 0.462. The van der Waals surface area contributed by atoms with Crippen molar-refractivity contribution in [3.63, 3.8) is 0 Å². The van der Waals surface area contributed by atoms with Gasteiger partial charge in [-0.15, -0.1) is 0 Å². The number of benzene rings is 1. The Morgan fingerprint density at radius 3 is 2.94 bits per heavy atom. The third-order valence-electron chi connectivity index (χ3n) is 3.79. The highest BCUT2D eigenvalue weighted by atomic mass is 79.9. The van der Waals surface area contributed by atoms with Gasteiger partial charge in [-0.1, -0.05) is 22.0 Å². The predicted octanol–water partition coefficient (Wildman–Crippen LogP) is 2.33. The fourth-order valence-electron chi connectivity index (χ4n) is 2.82. The fourth-order valence-corrected chi connectivity index (χ4v) is 3.33. The summed E-state index contributed by atoms with van der Waals surface area (Å²) in [5.74, 6) is 0. The van der Waals surface area contributed by atoms with Crippen molar-refractivity contribution in [2.45, 2.75) is 31.7 Å². The molecule has 90 valence electrons. The summed E-state index contributed by atoms with van der Waals surface area (Å²) in [6, 6.07) is 4.64. The van der Waals surface area contributed by atoms with Crippen LogP contribution in [0.4, 0.5) is 0 Å². The zero-order valence-corrected chi connectivity index (χ0v) is 11.4. The highest BCUT2D eigenvalue weighted by molar-refractivity contribution is 9.10. The average Bonchev–Trinajstić information content (AvgIpc) is 2.66. The topological polar surface area (TPSA) is 47.6 Å². The van der Waals surface area contributed by atoms with E-state index < -0.39 is 0 Å². The Balaban J connectivity index is 2.04. The highest BCUT2D eigenvalue weighted by Gasteiger charge is 2.40. The second-order valence-electron chi connectivity index (χ2n) is 4.96. The molecule has 0 saturated carbocycles. The summed E-state index contributed by atoms with van der Waals surface area (Å²) in [5.41, 5.74) is 9.73. The first-order valence-electron chi connectivity index (χ1n) is 5.85. The highest BCUT2D eigenvalue weighted by Crippen LogP contribution is 2.38. The second kappa shape index (κ2) is 3.73. The molecule has 0 bridgehead atoms. The lowest BCUT2D eigenvalue weighted by molar-refractivity contribution is 0.234. The van der Waals surface area contributed by atoms with Crippen LogP contribution < -0.4 is 5.73 Å². The molecule has 17 heavy (non-hydrogen) atoms. The van der Waals surface area contributed by atoms with Gasteiger partial charge in [-0.25, -0.2) is 4.99 Å². The minimum atomic E-state index is -0.118. The number of nitrogens with zero attached hydrogens (tertiary/aromatic N) is 1. The minimum absolute atomic E-state index is 0.118. The molecule has 0 saturated heterocycles. The van der Waals surface area contributed by atoms with Gasteiger partial charge in [0.2, 0.25) is 0 Å². The number of amidine groups is 1. The van der Waals surface area contributed by atoms with E-state index in [9.17, 15) is 0 Å². The number of fused-ring (bicyclic) bond motifs is 1. The maximum atomic E-state index is 5.64. The zero-order valence-electron chi connectivity index (χ0n) is 9.79. The van der Waals surface area contributed by atoms with Crippen LogP contribution >= 0.6 is 15.9 Å². The van der Waals surface area contributed by atoms with E-state index in [2.05, 4.69) is 40.0 Å². The van der Waals surface area contributed by atoms with Crippen LogP contribution in [0.5, 0.6) is 0 Å². The lowest BCUT2D eigenvalue weighted by atomic mass is 9.78. The molecule has 0 radical (unpaired) electrons. The van der Waals surface area contributed by atoms with Gasteiger partial charge in [-0.05, 0) is 42.5 Å². The van der Waals surface area contributed by atoms with Gasteiger partial charge in [0.05, 0.1) is 0 Å². The van der Waals surface area contributed by atoms with E-state index in [0.29, 0.717) is 12.6 Å². The van der Waals surface area contributed by atoms with Crippen LogP contribution in [0.2, 0.25) is 0 Å². The third kappa shape index (κ3) is 1.75. The molecule has 2 N–H and O–H groups in total. The first-order valence-corrected chi connectivity index (χ1v) is 6.64. The molecule has 4 heteroatoms. The standard InChI is InChI=1S/C13H15BrN2O/c1-8-2-3-11(14)10-6-13(5-4-9(8)10)7-17-12(15)16-13/h2-3H,4-7H2,1H3,(H2,15,16). The van der Waals surface area contributed by atoms with Crippen molar-refractivity contribution in [3.05, 3.63) is 33.3 Å². The van der Waals surface area contributed by atoms with Crippen LogP contribution in [0.25, 0.3) is 0 Å². The van der Waals surface area contributed by atoms with Gasteiger partial charge in [0.1, 0.15) is 12.1 Å². The maximum absolute atomic E-state index is 5.64. The Kier molecular flexibility index (Phi) is 2.43. The van der Waals surface area contributed by atoms with Gasteiger partial charge in [0.15, 0.2) is 0 Å². The van der Waals surface area contributed by atoms with Crippen molar-refractivity contribution in [3.8, 4) is 0 Å². The molecule has 1 aliphatic heterocycles. The van der Waals surface area contributed by atoms with Crippen molar-refractivity contribution < 1.29 is 4.74 Å². The van der Waals surface area contributed by atoms with Crippen LogP contribution in [-0.4, -0.2) is 18.2 Å². The predicted molar refractivity (Wildman–Crippen MR) is 71.2 cm³/mol. The Bertz CT molecular complexity index is 512. The molecule has 3 rings (SSSR count). The molecule has 1 unspecified atom stereocenters.